The van der Waals surface area contributed by atoms with Crippen LogP contribution in [-0.4, -0.2) is 4.98 Å². The molecule has 13 heavy (non-hydrogen) atoms. The van der Waals surface area contributed by atoms with Gasteiger partial charge in [0.15, 0.2) is 0 Å². The van der Waals surface area contributed by atoms with Gasteiger partial charge in [0.05, 0.1) is 17.4 Å². The molecule has 3 heteroatoms. The van der Waals surface area contributed by atoms with Gasteiger partial charge in [-0.2, -0.15) is 0 Å². The molecule has 1 atom stereocenters. The fourth-order valence-electron chi connectivity index (χ4n) is 1.07. The van der Waals surface area contributed by atoms with Gasteiger partial charge in [0.2, 0.25) is 0 Å². The van der Waals surface area contributed by atoms with E-state index < -0.39 is 0 Å². The molecule has 0 aliphatic carbocycles. The van der Waals surface area contributed by atoms with Crippen molar-refractivity contribution in [2.24, 2.45) is 5.73 Å². The van der Waals surface area contributed by atoms with Crippen molar-refractivity contribution in [2.45, 2.75) is 19.4 Å². The van der Waals surface area contributed by atoms with Crippen LogP contribution in [-0.2, 0) is 0 Å². The van der Waals surface area contributed by atoms with Gasteiger partial charge in [-0.15, -0.1) is 6.58 Å². The minimum Gasteiger partial charge on any atom is -0.322 e. The molecule has 0 aliphatic heterocycles. The van der Waals surface area contributed by atoms with E-state index in [2.05, 4.69) is 11.6 Å². The van der Waals surface area contributed by atoms with E-state index in [0.717, 1.165) is 0 Å². The Kier molecular flexibility index (Phi) is 3.14. The highest BCUT2D eigenvalue weighted by molar-refractivity contribution is 5.15. The molecule has 1 aromatic rings. The molecular formula is C10H13FN2. The van der Waals surface area contributed by atoms with Crippen molar-refractivity contribution in [1.82, 2.24) is 4.98 Å². The Labute approximate surface area is 77.3 Å². The molecule has 0 radical (unpaired) electrons. The first-order valence-corrected chi connectivity index (χ1v) is 4.14. The zero-order valence-corrected chi connectivity index (χ0v) is 7.63. The summed E-state index contributed by atoms with van der Waals surface area (Å²) in [7, 11) is 0. The lowest BCUT2D eigenvalue weighted by Crippen LogP contribution is -2.11. The van der Waals surface area contributed by atoms with E-state index in [-0.39, 0.29) is 11.9 Å². The average molecular weight is 180 g/mol. The van der Waals surface area contributed by atoms with E-state index in [1.165, 1.54) is 6.07 Å². The van der Waals surface area contributed by atoms with Crippen LogP contribution in [0.4, 0.5) is 4.39 Å². The lowest BCUT2D eigenvalue weighted by Gasteiger charge is -2.08. The van der Waals surface area contributed by atoms with Crippen molar-refractivity contribution in [3.63, 3.8) is 0 Å². The molecule has 0 aliphatic rings. The zero-order chi connectivity index (χ0) is 9.84. The van der Waals surface area contributed by atoms with Crippen LogP contribution in [0.5, 0.6) is 0 Å². The summed E-state index contributed by atoms with van der Waals surface area (Å²) < 4.78 is 12.8. The molecular weight excluding hydrogens is 167 g/mol. The predicted octanol–water partition coefficient (Wildman–Crippen LogP) is 2.11. The number of aryl methyl sites for hydroxylation is 1. The molecule has 2 N–H and O–H groups in total. The maximum absolute atomic E-state index is 12.8. The number of halogens is 1. The number of pyridine rings is 1. The number of nitrogens with two attached hydrogens (primary N) is 1. The lowest BCUT2D eigenvalue weighted by atomic mass is 10.1. The lowest BCUT2D eigenvalue weighted by molar-refractivity contribution is 0.600. The van der Waals surface area contributed by atoms with Gasteiger partial charge in [-0.3, -0.25) is 4.98 Å². The molecule has 1 heterocycles. The molecule has 1 aromatic heterocycles. The van der Waals surface area contributed by atoms with Gasteiger partial charge >= 0.3 is 0 Å². The van der Waals surface area contributed by atoms with Crippen LogP contribution >= 0.6 is 0 Å². The summed E-state index contributed by atoms with van der Waals surface area (Å²) in [5.41, 5.74) is 6.86. The fourth-order valence-corrected chi connectivity index (χ4v) is 1.07. The van der Waals surface area contributed by atoms with E-state index in [4.69, 9.17) is 5.73 Å². The molecule has 0 saturated carbocycles. The van der Waals surface area contributed by atoms with Crippen LogP contribution < -0.4 is 5.73 Å². The Bertz CT molecular complexity index is 310. The van der Waals surface area contributed by atoms with Gasteiger partial charge in [-0.25, -0.2) is 4.39 Å². The zero-order valence-electron chi connectivity index (χ0n) is 7.63. The number of nitrogens with zero attached hydrogens (tertiary/aromatic N) is 1. The summed E-state index contributed by atoms with van der Waals surface area (Å²) >= 11 is 0. The summed E-state index contributed by atoms with van der Waals surface area (Å²) in [6.07, 6.45) is 2.38. The van der Waals surface area contributed by atoms with Crippen molar-refractivity contribution in [1.29, 1.82) is 0 Å². The molecule has 0 aromatic carbocycles. The van der Waals surface area contributed by atoms with Crippen LogP contribution in [0.2, 0.25) is 0 Å². The summed E-state index contributed by atoms with van der Waals surface area (Å²) in [6.45, 7) is 5.21. The second-order valence-electron chi connectivity index (χ2n) is 2.93. The van der Waals surface area contributed by atoms with E-state index >= 15 is 0 Å². The molecule has 0 spiro atoms. The van der Waals surface area contributed by atoms with Gasteiger partial charge in [-0.05, 0) is 25.5 Å². The Morgan fingerprint density at radius 1 is 1.69 bits per heavy atom. The second kappa shape index (κ2) is 4.14. The summed E-state index contributed by atoms with van der Waals surface area (Å²) in [5.74, 6) is -0.297. The first kappa shape index (κ1) is 9.86. The quantitative estimate of drug-likeness (QED) is 0.723. The molecule has 0 saturated heterocycles. The van der Waals surface area contributed by atoms with E-state index in [9.17, 15) is 4.39 Å². The van der Waals surface area contributed by atoms with Gasteiger partial charge in [0.1, 0.15) is 5.82 Å². The molecule has 0 fully saturated rings. The Hall–Kier alpha value is -1.22. The topological polar surface area (TPSA) is 38.9 Å². The second-order valence-corrected chi connectivity index (χ2v) is 2.93. The summed E-state index contributed by atoms with van der Waals surface area (Å²) in [4.78, 5) is 4.04. The van der Waals surface area contributed by atoms with E-state index in [1.54, 1.807) is 19.1 Å². The van der Waals surface area contributed by atoms with Crippen molar-refractivity contribution in [3.05, 3.63) is 42.0 Å². The van der Waals surface area contributed by atoms with Crippen molar-refractivity contribution in [3.8, 4) is 0 Å². The van der Waals surface area contributed by atoms with Crippen LogP contribution in [0.25, 0.3) is 0 Å². The third kappa shape index (κ3) is 2.36. The highest BCUT2D eigenvalue weighted by Gasteiger charge is 2.07. The van der Waals surface area contributed by atoms with Crippen molar-refractivity contribution >= 4 is 0 Å². The molecule has 70 valence electrons. The van der Waals surface area contributed by atoms with Gasteiger partial charge in [-0.1, -0.05) is 6.08 Å². The standard InChI is InChI=1S/C10H13FN2/c1-3-4-9(12)10-6-5-8(11)7(2)13-10/h3,5-6,9H,1,4,12H2,2H3. The van der Waals surface area contributed by atoms with Crippen molar-refractivity contribution in [2.75, 3.05) is 0 Å². The van der Waals surface area contributed by atoms with Crippen molar-refractivity contribution < 1.29 is 4.39 Å². The van der Waals surface area contributed by atoms with Gasteiger partial charge < -0.3 is 5.73 Å². The number of rotatable bonds is 3. The maximum atomic E-state index is 12.8. The van der Waals surface area contributed by atoms with Crippen LogP contribution in [0.1, 0.15) is 23.9 Å². The molecule has 1 rings (SSSR count). The maximum Gasteiger partial charge on any atom is 0.144 e. The molecule has 0 bridgehead atoms. The Balaban J connectivity index is 2.89. The highest BCUT2D eigenvalue weighted by atomic mass is 19.1. The molecule has 1 unspecified atom stereocenters. The first-order chi connectivity index (χ1) is 6.15. The predicted molar refractivity (Wildman–Crippen MR) is 50.7 cm³/mol. The van der Waals surface area contributed by atoms with Crippen LogP contribution in [0.3, 0.4) is 0 Å². The van der Waals surface area contributed by atoms with E-state index in [1.807, 2.05) is 0 Å². The van der Waals surface area contributed by atoms with Crippen LogP contribution in [0.15, 0.2) is 24.8 Å². The SMILES string of the molecule is C=CCC(N)c1ccc(F)c(C)n1. The normalized spacial score (nSPS) is 12.5. The fraction of sp³-hybridized carbons (Fsp3) is 0.300. The minimum absolute atomic E-state index is 0.184. The Morgan fingerprint density at radius 3 is 2.92 bits per heavy atom. The summed E-state index contributed by atoms with van der Waals surface area (Å²) in [5, 5.41) is 0. The third-order valence-electron chi connectivity index (χ3n) is 1.84. The van der Waals surface area contributed by atoms with Crippen LogP contribution in [0, 0.1) is 12.7 Å². The van der Waals surface area contributed by atoms with E-state index in [0.29, 0.717) is 17.8 Å². The van der Waals surface area contributed by atoms with Gasteiger partial charge in [0.25, 0.3) is 0 Å². The number of hydrogen-bond acceptors (Lipinski definition) is 2. The smallest absolute Gasteiger partial charge is 0.144 e. The highest BCUT2D eigenvalue weighted by Crippen LogP contribution is 2.13. The number of hydrogen-bond donors (Lipinski definition) is 1. The molecule has 0 amide bonds. The largest absolute Gasteiger partial charge is 0.322 e. The molecule has 2 nitrogen and oxygen atoms in total. The summed E-state index contributed by atoms with van der Waals surface area (Å²) in [6, 6.07) is 2.81. The monoisotopic (exact) mass is 180 g/mol. The third-order valence-corrected chi connectivity index (χ3v) is 1.84. The number of aromatic nitrogens is 1. The minimum atomic E-state index is -0.297. The Morgan fingerprint density at radius 2 is 2.38 bits per heavy atom. The average Bonchev–Trinajstić information content (AvgIpc) is 2.10. The first-order valence-electron chi connectivity index (χ1n) is 4.14. The van der Waals surface area contributed by atoms with Gasteiger partial charge in [0, 0.05) is 0 Å².